The van der Waals surface area contributed by atoms with Crippen LogP contribution in [0.25, 0.3) is 0 Å². The molecular weight excluding hydrogens is 315 g/mol. The number of nitrogens with one attached hydrogen (secondary N) is 2. The van der Waals surface area contributed by atoms with Crippen molar-refractivity contribution in [2.45, 2.75) is 31.5 Å². The highest BCUT2D eigenvalue weighted by Crippen LogP contribution is 2.17. The van der Waals surface area contributed by atoms with Gasteiger partial charge < -0.3 is 15.4 Å². The summed E-state index contributed by atoms with van der Waals surface area (Å²) in [5, 5.41) is 5.28. The number of nitrogens with zero attached hydrogens (tertiary/aromatic N) is 1. The fourth-order valence-electron chi connectivity index (χ4n) is 2.07. The molecule has 1 saturated heterocycles. The maximum atomic E-state index is 12.0. The van der Waals surface area contributed by atoms with Gasteiger partial charge in [-0.15, -0.1) is 0 Å². The monoisotopic (exact) mass is 331 g/mol. The topological polar surface area (TPSA) is 80.3 Å². The minimum atomic E-state index is -4.45. The number of pyridine rings is 1. The molecule has 1 aliphatic rings. The van der Waals surface area contributed by atoms with Crippen molar-refractivity contribution in [1.29, 1.82) is 0 Å². The van der Waals surface area contributed by atoms with Gasteiger partial charge >= 0.3 is 6.18 Å². The molecule has 2 rings (SSSR count). The Morgan fingerprint density at radius 2 is 2.17 bits per heavy atom. The minimum absolute atomic E-state index is 0.140. The van der Waals surface area contributed by atoms with Crippen molar-refractivity contribution in [3.63, 3.8) is 0 Å². The van der Waals surface area contributed by atoms with Gasteiger partial charge in [0.25, 0.3) is 5.91 Å². The molecule has 1 aromatic heterocycles. The molecule has 0 aliphatic carbocycles. The summed E-state index contributed by atoms with van der Waals surface area (Å²) in [6.45, 7) is -0.869. The summed E-state index contributed by atoms with van der Waals surface area (Å²) < 4.78 is 40.5. The highest BCUT2D eigenvalue weighted by molar-refractivity contribution is 5.97. The van der Waals surface area contributed by atoms with E-state index in [0.29, 0.717) is 13.0 Å². The zero-order chi connectivity index (χ0) is 16.9. The van der Waals surface area contributed by atoms with Gasteiger partial charge in [-0.1, -0.05) is 0 Å². The van der Waals surface area contributed by atoms with Crippen molar-refractivity contribution >= 4 is 11.8 Å². The molecule has 6 nitrogen and oxygen atoms in total. The van der Waals surface area contributed by atoms with E-state index >= 15 is 0 Å². The normalized spacial score (nSPS) is 18.7. The van der Waals surface area contributed by atoms with E-state index < -0.39 is 24.7 Å². The SMILES string of the molecule is O=C(NC1CCCCNC1=O)c1ccc(OCC(F)(F)F)nc1. The summed E-state index contributed by atoms with van der Waals surface area (Å²) in [5.74, 6) is -0.984. The van der Waals surface area contributed by atoms with E-state index in [0.717, 1.165) is 19.0 Å². The van der Waals surface area contributed by atoms with Gasteiger partial charge in [-0.05, 0) is 25.3 Å². The van der Waals surface area contributed by atoms with E-state index in [2.05, 4.69) is 20.4 Å². The first kappa shape index (κ1) is 17.0. The molecular formula is C14H16F3N3O3. The van der Waals surface area contributed by atoms with Crippen molar-refractivity contribution in [3.8, 4) is 5.88 Å². The van der Waals surface area contributed by atoms with Gasteiger partial charge in [0.1, 0.15) is 6.04 Å². The molecule has 2 amide bonds. The number of halogens is 3. The number of alkyl halides is 3. The van der Waals surface area contributed by atoms with Crippen LogP contribution in [0.2, 0.25) is 0 Å². The van der Waals surface area contributed by atoms with Gasteiger partial charge in [-0.2, -0.15) is 13.2 Å². The van der Waals surface area contributed by atoms with Crippen molar-refractivity contribution in [2.24, 2.45) is 0 Å². The van der Waals surface area contributed by atoms with Crippen molar-refractivity contribution < 1.29 is 27.5 Å². The molecule has 2 N–H and O–H groups in total. The van der Waals surface area contributed by atoms with Gasteiger partial charge in [-0.25, -0.2) is 4.98 Å². The predicted molar refractivity (Wildman–Crippen MR) is 73.9 cm³/mol. The van der Waals surface area contributed by atoms with Gasteiger partial charge in [0.2, 0.25) is 11.8 Å². The molecule has 0 aromatic carbocycles. The van der Waals surface area contributed by atoms with E-state index in [1.54, 1.807) is 0 Å². The van der Waals surface area contributed by atoms with Gasteiger partial charge in [0, 0.05) is 18.8 Å². The minimum Gasteiger partial charge on any atom is -0.468 e. The van der Waals surface area contributed by atoms with Crippen LogP contribution in [0, 0.1) is 0 Å². The second-order valence-electron chi connectivity index (χ2n) is 5.10. The lowest BCUT2D eigenvalue weighted by Gasteiger charge is -2.15. The number of hydrogen-bond acceptors (Lipinski definition) is 4. The van der Waals surface area contributed by atoms with Crippen LogP contribution in [0.4, 0.5) is 13.2 Å². The lowest BCUT2D eigenvalue weighted by atomic mass is 10.1. The van der Waals surface area contributed by atoms with Crippen LogP contribution in [-0.2, 0) is 4.79 Å². The van der Waals surface area contributed by atoms with E-state index in [1.165, 1.54) is 12.1 Å². The number of hydrogen-bond donors (Lipinski definition) is 2. The number of rotatable bonds is 4. The molecule has 9 heteroatoms. The quantitative estimate of drug-likeness (QED) is 0.874. The Morgan fingerprint density at radius 3 is 2.83 bits per heavy atom. The Hall–Kier alpha value is -2.32. The molecule has 23 heavy (non-hydrogen) atoms. The molecule has 126 valence electrons. The summed E-state index contributed by atoms with van der Waals surface area (Å²) in [4.78, 5) is 27.4. The summed E-state index contributed by atoms with van der Waals surface area (Å²) >= 11 is 0. The third kappa shape index (κ3) is 5.42. The first-order valence-electron chi connectivity index (χ1n) is 7.09. The Bertz CT molecular complexity index is 561. The number of ether oxygens (including phenoxy) is 1. The van der Waals surface area contributed by atoms with Crippen LogP contribution in [-0.4, -0.2) is 42.2 Å². The molecule has 1 unspecified atom stereocenters. The smallest absolute Gasteiger partial charge is 0.422 e. The van der Waals surface area contributed by atoms with Crippen molar-refractivity contribution in [1.82, 2.24) is 15.6 Å². The molecule has 1 fully saturated rings. The Labute approximate surface area is 130 Å². The Kier molecular flexibility index (Phi) is 5.41. The maximum Gasteiger partial charge on any atom is 0.422 e. The van der Waals surface area contributed by atoms with Crippen LogP contribution in [0.1, 0.15) is 29.6 Å². The molecule has 1 aliphatic heterocycles. The third-order valence-corrected chi connectivity index (χ3v) is 3.22. The maximum absolute atomic E-state index is 12.0. The molecule has 1 atom stereocenters. The fraction of sp³-hybridized carbons (Fsp3) is 0.500. The van der Waals surface area contributed by atoms with Gasteiger partial charge in [0.05, 0.1) is 5.56 Å². The van der Waals surface area contributed by atoms with Crippen LogP contribution in [0.3, 0.4) is 0 Å². The van der Waals surface area contributed by atoms with Crippen LogP contribution in [0.5, 0.6) is 5.88 Å². The second kappa shape index (κ2) is 7.30. The zero-order valence-corrected chi connectivity index (χ0v) is 12.2. The van der Waals surface area contributed by atoms with Crippen molar-refractivity contribution in [2.75, 3.05) is 13.2 Å². The van der Waals surface area contributed by atoms with Crippen LogP contribution < -0.4 is 15.4 Å². The molecule has 0 saturated carbocycles. The summed E-state index contributed by atoms with van der Waals surface area (Å²) in [5.41, 5.74) is 0.140. The zero-order valence-electron chi connectivity index (χ0n) is 12.2. The third-order valence-electron chi connectivity index (χ3n) is 3.22. The van der Waals surface area contributed by atoms with E-state index in [9.17, 15) is 22.8 Å². The first-order chi connectivity index (χ1) is 10.8. The van der Waals surface area contributed by atoms with Gasteiger partial charge in [0.15, 0.2) is 6.61 Å². The predicted octanol–water partition coefficient (Wildman–Crippen LogP) is 1.42. The molecule has 0 radical (unpaired) electrons. The lowest BCUT2D eigenvalue weighted by Crippen LogP contribution is -2.45. The summed E-state index contributed by atoms with van der Waals surface area (Å²) in [7, 11) is 0. The van der Waals surface area contributed by atoms with Gasteiger partial charge in [-0.3, -0.25) is 9.59 Å². The summed E-state index contributed by atoms with van der Waals surface area (Å²) in [6.07, 6.45) is -1.14. The number of aromatic nitrogens is 1. The Balaban J connectivity index is 1.93. The largest absolute Gasteiger partial charge is 0.468 e. The van der Waals surface area contributed by atoms with Crippen molar-refractivity contribution in [3.05, 3.63) is 23.9 Å². The average Bonchev–Trinajstić information content (AvgIpc) is 2.70. The highest BCUT2D eigenvalue weighted by Gasteiger charge is 2.28. The second-order valence-corrected chi connectivity index (χ2v) is 5.10. The first-order valence-corrected chi connectivity index (χ1v) is 7.09. The lowest BCUT2D eigenvalue weighted by molar-refractivity contribution is -0.154. The standard InChI is InChI=1S/C14H16F3N3O3/c15-14(16,17)8-23-11-5-4-9(7-19-11)12(21)20-10-3-1-2-6-18-13(10)22/h4-5,7,10H,1-3,6,8H2,(H,18,22)(H,20,21). The summed E-state index contributed by atoms with van der Waals surface area (Å²) in [6, 6.07) is 1.85. The highest BCUT2D eigenvalue weighted by atomic mass is 19.4. The fourth-order valence-corrected chi connectivity index (χ4v) is 2.07. The van der Waals surface area contributed by atoms with Crippen LogP contribution >= 0.6 is 0 Å². The molecule has 1 aromatic rings. The molecule has 0 bridgehead atoms. The van der Waals surface area contributed by atoms with E-state index in [1.807, 2.05) is 0 Å². The molecule has 2 heterocycles. The number of carbonyl (C=O) groups excluding carboxylic acids is 2. The average molecular weight is 331 g/mol. The Morgan fingerprint density at radius 1 is 1.39 bits per heavy atom. The number of carbonyl (C=O) groups is 2. The number of amides is 2. The molecule has 0 spiro atoms. The van der Waals surface area contributed by atoms with E-state index in [4.69, 9.17) is 0 Å². The van der Waals surface area contributed by atoms with E-state index in [-0.39, 0.29) is 17.4 Å². The van der Waals surface area contributed by atoms with Crippen LogP contribution in [0.15, 0.2) is 18.3 Å².